The molecule has 6 rings (SSSR count). The third kappa shape index (κ3) is 8.13. The standard InChI is InChI=1S/C35H42ClN5O2.ClH/c36-30-13-11-26(12-14-30)22-31(38-35(43)32-23-27-6-1-2-7-28(27)24-37-32)15-17-39-18-20-40(21-19-39)33-9-4-3-8-29(33)25-41-16-5-10-34(41)42;/h1-4,6-9,11-14,31-32,37H,5,10,15-25H2,(H,38,43);1H/t31-,32+;/m0./s1. The highest BCUT2D eigenvalue weighted by molar-refractivity contribution is 6.30. The van der Waals surface area contributed by atoms with Gasteiger partial charge in [0.25, 0.3) is 0 Å². The van der Waals surface area contributed by atoms with Gasteiger partial charge in [-0.3, -0.25) is 14.5 Å². The maximum Gasteiger partial charge on any atom is 0.237 e. The molecule has 9 heteroatoms. The van der Waals surface area contributed by atoms with E-state index in [1.165, 1.54) is 27.9 Å². The van der Waals surface area contributed by atoms with E-state index in [2.05, 4.69) is 81.1 Å². The summed E-state index contributed by atoms with van der Waals surface area (Å²) in [5, 5.41) is 7.56. The summed E-state index contributed by atoms with van der Waals surface area (Å²) in [7, 11) is 0. The van der Waals surface area contributed by atoms with E-state index in [0.29, 0.717) is 19.4 Å². The van der Waals surface area contributed by atoms with Crippen LogP contribution < -0.4 is 15.5 Å². The first-order valence-corrected chi connectivity index (χ1v) is 16.1. The molecule has 44 heavy (non-hydrogen) atoms. The quantitative estimate of drug-likeness (QED) is 0.334. The van der Waals surface area contributed by atoms with Crippen molar-refractivity contribution in [3.05, 3.63) is 100 Å². The van der Waals surface area contributed by atoms with Crippen molar-refractivity contribution >= 4 is 41.5 Å². The number of hydrogen-bond acceptors (Lipinski definition) is 5. The van der Waals surface area contributed by atoms with Crippen molar-refractivity contribution in [1.29, 1.82) is 0 Å². The number of anilines is 1. The van der Waals surface area contributed by atoms with Crippen LogP contribution in [0.2, 0.25) is 5.02 Å². The highest BCUT2D eigenvalue weighted by atomic mass is 35.5. The molecule has 0 bridgehead atoms. The Hall–Kier alpha value is -3.10. The summed E-state index contributed by atoms with van der Waals surface area (Å²) in [5.74, 6) is 0.343. The molecule has 2 atom stereocenters. The minimum Gasteiger partial charge on any atom is -0.369 e. The molecule has 3 aliphatic heterocycles. The zero-order valence-electron chi connectivity index (χ0n) is 25.2. The number of nitrogens with one attached hydrogen (secondary N) is 2. The summed E-state index contributed by atoms with van der Waals surface area (Å²) in [4.78, 5) is 32.7. The predicted molar refractivity (Wildman–Crippen MR) is 179 cm³/mol. The fourth-order valence-corrected chi connectivity index (χ4v) is 6.78. The van der Waals surface area contributed by atoms with Crippen LogP contribution in [0, 0.1) is 0 Å². The normalized spacial score (nSPS) is 19.3. The minimum absolute atomic E-state index is 0. The Morgan fingerprint density at radius 3 is 2.41 bits per heavy atom. The van der Waals surface area contributed by atoms with E-state index in [1.807, 2.05) is 17.0 Å². The molecule has 0 aliphatic carbocycles. The van der Waals surface area contributed by atoms with Crippen molar-refractivity contribution in [3.63, 3.8) is 0 Å². The molecule has 234 valence electrons. The second-order valence-electron chi connectivity index (χ2n) is 12.1. The molecule has 0 aromatic heterocycles. The van der Waals surface area contributed by atoms with E-state index in [-0.39, 0.29) is 36.3 Å². The van der Waals surface area contributed by atoms with Crippen LogP contribution in [0.4, 0.5) is 5.69 Å². The molecular formula is C35H43Cl2N5O2. The zero-order chi connectivity index (χ0) is 29.6. The molecule has 2 amide bonds. The summed E-state index contributed by atoms with van der Waals surface area (Å²) in [5.41, 5.74) is 6.18. The van der Waals surface area contributed by atoms with Gasteiger partial charge >= 0.3 is 0 Å². The third-order valence-electron chi connectivity index (χ3n) is 9.17. The number of para-hydroxylation sites is 1. The van der Waals surface area contributed by atoms with Crippen molar-refractivity contribution < 1.29 is 9.59 Å². The van der Waals surface area contributed by atoms with E-state index < -0.39 is 0 Å². The van der Waals surface area contributed by atoms with Crippen LogP contribution in [0.25, 0.3) is 0 Å². The lowest BCUT2D eigenvalue weighted by Crippen LogP contribution is -2.52. The van der Waals surface area contributed by atoms with Crippen LogP contribution in [-0.4, -0.2) is 73.0 Å². The van der Waals surface area contributed by atoms with Crippen molar-refractivity contribution in [1.82, 2.24) is 20.4 Å². The number of hydrogen-bond donors (Lipinski definition) is 2. The smallest absolute Gasteiger partial charge is 0.237 e. The van der Waals surface area contributed by atoms with Gasteiger partial charge in [-0.2, -0.15) is 0 Å². The number of rotatable bonds is 10. The van der Waals surface area contributed by atoms with Gasteiger partial charge in [0.1, 0.15) is 0 Å². The molecule has 2 fully saturated rings. The monoisotopic (exact) mass is 635 g/mol. The van der Waals surface area contributed by atoms with E-state index in [4.69, 9.17) is 11.6 Å². The number of piperazine rings is 1. The average molecular weight is 637 g/mol. The molecule has 0 radical (unpaired) electrons. The summed E-state index contributed by atoms with van der Waals surface area (Å²) in [6.07, 6.45) is 4.00. The van der Waals surface area contributed by atoms with E-state index in [1.54, 1.807) is 0 Å². The van der Waals surface area contributed by atoms with Gasteiger partial charge in [-0.25, -0.2) is 0 Å². The lowest BCUT2D eigenvalue weighted by Gasteiger charge is -2.38. The number of fused-ring (bicyclic) bond motifs is 1. The molecular weight excluding hydrogens is 593 g/mol. The van der Waals surface area contributed by atoms with E-state index in [0.717, 1.165) is 70.1 Å². The molecule has 3 heterocycles. The Bertz CT molecular complexity index is 1410. The van der Waals surface area contributed by atoms with Crippen molar-refractivity contribution in [3.8, 4) is 0 Å². The number of carbonyl (C=O) groups excluding carboxylic acids is 2. The van der Waals surface area contributed by atoms with Crippen molar-refractivity contribution in [2.45, 2.75) is 57.3 Å². The second kappa shape index (κ2) is 15.3. The van der Waals surface area contributed by atoms with Gasteiger partial charge in [-0.1, -0.05) is 66.2 Å². The number of benzene rings is 3. The molecule has 3 aliphatic rings. The van der Waals surface area contributed by atoms with Crippen LogP contribution in [0.15, 0.2) is 72.8 Å². The molecule has 7 nitrogen and oxygen atoms in total. The van der Waals surface area contributed by atoms with Gasteiger partial charge in [0.2, 0.25) is 11.8 Å². The lowest BCUT2D eigenvalue weighted by molar-refractivity contribution is -0.128. The number of nitrogens with zero attached hydrogens (tertiary/aromatic N) is 3. The Balaban J connectivity index is 0.00000384. The van der Waals surface area contributed by atoms with Crippen LogP contribution in [-0.2, 0) is 35.5 Å². The summed E-state index contributed by atoms with van der Waals surface area (Å²) >= 11 is 6.15. The maximum atomic E-state index is 13.5. The topological polar surface area (TPSA) is 67.9 Å². The molecule has 0 saturated carbocycles. The number of carbonyl (C=O) groups is 2. The fraction of sp³-hybridized carbons (Fsp3) is 0.429. The molecule has 0 spiro atoms. The number of amides is 2. The molecule has 3 aromatic carbocycles. The SMILES string of the molecule is Cl.O=C(N[C@@H](CCN1CCN(c2ccccc2CN2CCCC2=O)CC1)Cc1ccc(Cl)cc1)[C@H]1Cc2ccccc2CN1. The molecule has 3 aromatic rings. The van der Waals surface area contributed by atoms with Crippen molar-refractivity contribution in [2.24, 2.45) is 0 Å². The van der Waals surface area contributed by atoms with Gasteiger partial charge < -0.3 is 20.4 Å². The number of halogens is 2. The Morgan fingerprint density at radius 1 is 0.932 bits per heavy atom. The molecule has 2 N–H and O–H groups in total. The summed E-state index contributed by atoms with van der Waals surface area (Å²) < 4.78 is 0. The highest BCUT2D eigenvalue weighted by Gasteiger charge is 2.27. The summed E-state index contributed by atoms with van der Waals surface area (Å²) in [6.45, 7) is 7.05. The predicted octanol–water partition coefficient (Wildman–Crippen LogP) is 4.84. The highest BCUT2D eigenvalue weighted by Crippen LogP contribution is 2.25. The van der Waals surface area contributed by atoms with Gasteiger partial charge in [-0.05, 0) is 66.1 Å². The van der Waals surface area contributed by atoms with Crippen LogP contribution >= 0.6 is 24.0 Å². The second-order valence-corrected chi connectivity index (χ2v) is 12.5. The largest absolute Gasteiger partial charge is 0.369 e. The maximum absolute atomic E-state index is 13.5. The Labute approximate surface area is 272 Å². The van der Waals surface area contributed by atoms with E-state index >= 15 is 0 Å². The summed E-state index contributed by atoms with van der Waals surface area (Å²) in [6, 6.07) is 24.7. The first kappa shape index (κ1) is 32.3. The van der Waals surface area contributed by atoms with Crippen molar-refractivity contribution in [2.75, 3.05) is 44.2 Å². The van der Waals surface area contributed by atoms with Gasteiger partial charge in [0, 0.05) is 75.5 Å². The van der Waals surface area contributed by atoms with Gasteiger partial charge in [0.05, 0.1) is 6.04 Å². The average Bonchev–Trinajstić information content (AvgIpc) is 3.45. The lowest BCUT2D eigenvalue weighted by atomic mass is 9.95. The van der Waals surface area contributed by atoms with Gasteiger partial charge in [-0.15, -0.1) is 12.4 Å². The zero-order valence-corrected chi connectivity index (χ0v) is 26.8. The molecule has 0 unspecified atom stereocenters. The third-order valence-corrected chi connectivity index (χ3v) is 9.42. The fourth-order valence-electron chi connectivity index (χ4n) is 6.65. The first-order chi connectivity index (χ1) is 21.0. The van der Waals surface area contributed by atoms with Gasteiger partial charge in [0.15, 0.2) is 0 Å². The minimum atomic E-state index is -0.220. The van der Waals surface area contributed by atoms with Crippen LogP contribution in [0.5, 0.6) is 0 Å². The first-order valence-electron chi connectivity index (χ1n) is 15.7. The number of likely N-dealkylation sites (tertiary alicyclic amines) is 1. The van der Waals surface area contributed by atoms with Crippen LogP contribution in [0.3, 0.4) is 0 Å². The van der Waals surface area contributed by atoms with Crippen LogP contribution in [0.1, 0.15) is 41.5 Å². The van der Waals surface area contributed by atoms with E-state index in [9.17, 15) is 9.59 Å². The Morgan fingerprint density at radius 2 is 1.66 bits per heavy atom. The Kier molecular flexibility index (Phi) is 11.2. The molecule has 2 saturated heterocycles.